The number of anilines is 3. The SMILES string of the molecule is CCN(CC)CCCN(C)C(=O)Nc1cc(Oc2ccc(NC(=O)CC(=O)Nc3ccc(F)cc3)c(C)c2)ccn1. The Labute approximate surface area is 239 Å². The number of hydrogen-bond acceptors (Lipinski definition) is 6. The first-order chi connectivity index (χ1) is 19.7. The first kappa shape index (κ1) is 31.0. The number of nitrogens with zero attached hydrogens (tertiary/aromatic N) is 3. The fraction of sp³-hybridized carbons (Fsp3) is 0.333. The molecule has 1 heterocycles. The molecule has 0 aliphatic heterocycles. The number of ether oxygens (including phenoxy) is 1. The zero-order chi connectivity index (χ0) is 29.8. The van der Waals surface area contributed by atoms with Crippen molar-refractivity contribution in [1.82, 2.24) is 14.8 Å². The number of pyridine rings is 1. The minimum absolute atomic E-state index is 0.253. The molecule has 0 saturated carbocycles. The summed E-state index contributed by atoms with van der Waals surface area (Å²) in [6, 6.07) is 13.4. The summed E-state index contributed by atoms with van der Waals surface area (Å²) < 4.78 is 19.0. The fourth-order valence-electron chi connectivity index (χ4n) is 3.98. The molecular weight excluding hydrogens is 527 g/mol. The van der Waals surface area contributed by atoms with Crippen LogP contribution in [0.5, 0.6) is 11.5 Å². The Morgan fingerprint density at radius 1 is 0.878 bits per heavy atom. The maximum Gasteiger partial charge on any atom is 0.322 e. The van der Waals surface area contributed by atoms with Gasteiger partial charge in [-0.05, 0) is 87.1 Å². The second kappa shape index (κ2) is 15.3. The van der Waals surface area contributed by atoms with Gasteiger partial charge in [0, 0.05) is 37.2 Å². The van der Waals surface area contributed by atoms with Crippen molar-refractivity contribution in [1.29, 1.82) is 0 Å². The predicted molar refractivity (Wildman–Crippen MR) is 158 cm³/mol. The normalized spacial score (nSPS) is 10.7. The summed E-state index contributed by atoms with van der Waals surface area (Å²) in [4.78, 5) is 45.3. The molecule has 0 unspecified atom stereocenters. The quantitative estimate of drug-likeness (QED) is 0.237. The van der Waals surface area contributed by atoms with Gasteiger partial charge in [-0.3, -0.25) is 14.9 Å². The van der Waals surface area contributed by atoms with Gasteiger partial charge in [0.1, 0.15) is 29.6 Å². The summed E-state index contributed by atoms with van der Waals surface area (Å²) in [7, 11) is 1.75. The third-order valence-electron chi connectivity index (χ3n) is 6.33. The highest BCUT2D eigenvalue weighted by Gasteiger charge is 2.13. The standard InChI is InChI=1S/C30H37FN6O4/c1-5-37(6-2)17-7-16-36(4)30(40)35-27-19-25(14-15-32-27)41-24-12-13-26(21(3)18-24)34-29(39)20-28(38)33-23-10-8-22(31)9-11-23/h8-15,18-19H,5-7,16-17,20H2,1-4H3,(H,33,38)(H,34,39)(H,32,35,40). The Kier molecular flexibility index (Phi) is 11.6. The van der Waals surface area contributed by atoms with E-state index in [1.54, 1.807) is 55.4 Å². The van der Waals surface area contributed by atoms with Crippen molar-refractivity contribution in [3.05, 3.63) is 72.2 Å². The number of amides is 4. The van der Waals surface area contributed by atoms with E-state index in [0.717, 1.165) is 31.6 Å². The van der Waals surface area contributed by atoms with E-state index in [1.165, 1.54) is 24.3 Å². The number of nitrogens with one attached hydrogen (secondary N) is 3. The van der Waals surface area contributed by atoms with Crippen LogP contribution in [0.4, 0.5) is 26.4 Å². The van der Waals surface area contributed by atoms with E-state index < -0.39 is 24.1 Å². The Morgan fingerprint density at radius 2 is 1.56 bits per heavy atom. The number of aryl methyl sites for hydroxylation is 1. The van der Waals surface area contributed by atoms with Gasteiger partial charge in [0.15, 0.2) is 0 Å². The van der Waals surface area contributed by atoms with Crippen LogP contribution < -0.4 is 20.7 Å². The van der Waals surface area contributed by atoms with Gasteiger partial charge in [-0.2, -0.15) is 0 Å². The van der Waals surface area contributed by atoms with Crippen LogP contribution >= 0.6 is 0 Å². The van der Waals surface area contributed by atoms with Crippen LogP contribution in [0.1, 0.15) is 32.3 Å². The van der Waals surface area contributed by atoms with E-state index in [1.807, 2.05) is 0 Å². The molecule has 0 aliphatic carbocycles. The largest absolute Gasteiger partial charge is 0.457 e. The molecular formula is C30H37FN6O4. The van der Waals surface area contributed by atoms with Crippen LogP contribution in [-0.2, 0) is 9.59 Å². The van der Waals surface area contributed by atoms with E-state index in [9.17, 15) is 18.8 Å². The number of rotatable bonds is 13. The molecule has 3 rings (SSSR count). The number of benzene rings is 2. The lowest BCUT2D eigenvalue weighted by Gasteiger charge is -2.21. The zero-order valence-electron chi connectivity index (χ0n) is 23.9. The van der Waals surface area contributed by atoms with Crippen molar-refractivity contribution in [2.75, 3.05) is 49.2 Å². The molecule has 4 amide bonds. The van der Waals surface area contributed by atoms with Gasteiger partial charge in [-0.25, -0.2) is 14.2 Å². The number of carbonyl (C=O) groups excluding carboxylic acids is 3. The molecule has 0 fully saturated rings. The zero-order valence-corrected chi connectivity index (χ0v) is 23.9. The van der Waals surface area contributed by atoms with Gasteiger partial charge in [0.25, 0.3) is 0 Å². The molecule has 0 saturated heterocycles. The van der Waals surface area contributed by atoms with Crippen LogP contribution in [0.3, 0.4) is 0 Å². The van der Waals surface area contributed by atoms with Gasteiger partial charge in [-0.1, -0.05) is 13.8 Å². The monoisotopic (exact) mass is 564 g/mol. The smallest absolute Gasteiger partial charge is 0.322 e. The van der Waals surface area contributed by atoms with Crippen molar-refractivity contribution in [2.24, 2.45) is 0 Å². The van der Waals surface area contributed by atoms with Crippen LogP contribution in [0.2, 0.25) is 0 Å². The average molecular weight is 565 g/mol. The Balaban J connectivity index is 1.51. The van der Waals surface area contributed by atoms with E-state index in [4.69, 9.17) is 4.74 Å². The number of halogens is 1. The number of urea groups is 1. The molecule has 0 bridgehead atoms. The molecule has 218 valence electrons. The molecule has 0 atom stereocenters. The highest BCUT2D eigenvalue weighted by atomic mass is 19.1. The third kappa shape index (κ3) is 10.2. The maximum absolute atomic E-state index is 13.0. The van der Waals surface area contributed by atoms with Crippen molar-refractivity contribution >= 4 is 35.0 Å². The molecule has 10 nitrogen and oxygen atoms in total. The van der Waals surface area contributed by atoms with Gasteiger partial charge in [0.05, 0.1) is 0 Å². The molecule has 2 aromatic carbocycles. The van der Waals surface area contributed by atoms with Crippen LogP contribution in [0, 0.1) is 12.7 Å². The second-order valence-electron chi connectivity index (χ2n) is 9.47. The van der Waals surface area contributed by atoms with Gasteiger partial charge >= 0.3 is 6.03 Å². The van der Waals surface area contributed by atoms with Gasteiger partial charge in [-0.15, -0.1) is 0 Å². The van der Waals surface area contributed by atoms with Crippen LogP contribution in [0.15, 0.2) is 60.8 Å². The molecule has 0 aliphatic rings. The Bertz CT molecular complexity index is 1330. The van der Waals surface area contributed by atoms with E-state index in [0.29, 0.717) is 35.2 Å². The van der Waals surface area contributed by atoms with Crippen molar-refractivity contribution in [3.63, 3.8) is 0 Å². The lowest BCUT2D eigenvalue weighted by molar-refractivity contribution is -0.123. The molecule has 0 spiro atoms. The van der Waals surface area contributed by atoms with E-state index in [2.05, 4.69) is 39.7 Å². The first-order valence-corrected chi connectivity index (χ1v) is 13.5. The summed E-state index contributed by atoms with van der Waals surface area (Å²) in [5, 5.41) is 8.06. The fourth-order valence-corrected chi connectivity index (χ4v) is 3.98. The number of aromatic nitrogens is 1. The lowest BCUT2D eigenvalue weighted by Crippen LogP contribution is -2.34. The number of hydrogen-bond donors (Lipinski definition) is 3. The Morgan fingerprint density at radius 3 is 2.24 bits per heavy atom. The van der Waals surface area contributed by atoms with Crippen molar-refractivity contribution < 1.29 is 23.5 Å². The molecule has 1 aromatic heterocycles. The van der Waals surface area contributed by atoms with Gasteiger partial charge in [0.2, 0.25) is 11.8 Å². The summed E-state index contributed by atoms with van der Waals surface area (Å²) >= 11 is 0. The Hall–Kier alpha value is -4.51. The second-order valence-corrected chi connectivity index (χ2v) is 9.47. The summed E-state index contributed by atoms with van der Waals surface area (Å²) in [6.45, 7) is 9.57. The molecule has 11 heteroatoms. The summed E-state index contributed by atoms with van der Waals surface area (Å²) in [5.41, 5.74) is 1.66. The van der Waals surface area contributed by atoms with Crippen molar-refractivity contribution in [2.45, 2.75) is 33.6 Å². The molecule has 3 N–H and O–H groups in total. The average Bonchev–Trinajstić information content (AvgIpc) is 2.94. The highest BCUT2D eigenvalue weighted by Crippen LogP contribution is 2.27. The van der Waals surface area contributed by atoms with Gasteiger partial charge < -0.3 is 25.2 Å². The first-order valence-electron chi connectivity index (χ1n) is 13.5. The van der Waals surface area contributed by atoms with E-state index in [-0.39, 0.29) is 6.03 Å². The van der Waals surface area contributed by atoms with Crippen LogP contribution in [-0.4, -0.2) is 65.9 Å². The third-order valence-corrected chi connectivity index (χ3v) is 6.33. The van der Waals surface area contributed by atoms with Crippen molar-refractivity contribution in [3.8, 4) is 11.5 Å². The molecule has 0 radical (unpaired) electrons. The topological polar surface area (TPSA) is 116 Å². The molecule has 41 heavy (non-hydrogen) atoms. The minimum Gasteiger partial charge on any atom is -0.457 e. The highest BCUT2D eigenvalue weighted by molar-refractivity contribution is 6.08. The van der Waals surface area contributed by atoms with E-state index >= 15 is 0 Å². The van der Waals surface area contributed by atoms with Crippen LogP contribution in [0.25, 0.3) is 0 Å². The summed E-state index contributed by atoms with van der Waals surface area (Å²) in [6.07, 6.45) is 2.02. The lowest BCUT2D eigenvalue weighted by atomic mass is 10.2. The predicted octanol–water partition coefficient (Wildman–Crippen LogP) is 5.48. The minimum atomic E-state index is -0.516. The maximum atomic E-state index is 13.0. The number of carbonyl (C=O) groups is 3. The molecule has 3 aromatic rings. The summed E-state index contributed by atoms with van der Waals surface area (Å²) in [5.74, 6) is -0.0609.